The molecule has 0 saturated carbocycles. The lowest BCUT2D eigenvalue weighted by atomic mass is 9.98. The second-order valence-electron chi connectivity index (χ2n) is 3.64. The summed E-state index contributed by atoms with van der Waals surface area (Å²) in [6.07, 6.45) is 4.38. The fourth-order valence-electron chi connectivity index (χ4n) is 1.82. The highest BCUT2D eigenvalue weighted by Crippen LogP contribution is 2.41. The summed E-state index contributed by atoms with van der Waals surface area (Å²) in [6.45, 7) is 0. The number of thioether (sulfide) groups is 1. The maximum atomic E-state index is 9.18. The Bertz CT molecular complexity index is 318. The molecule has 1 aromatic rings. The van der Waals surface area contributed by atoms with Crippen molar-refractivity contribution < 1.29 is 0 Å². The van der Waals surface area contributed by atoms with Gasteiger partial charge in [-0.1, -0.05) is 6.07 Å². The standard InChI is InChI=1S/C11H13NS2/c12-9-11(5-2-8-14-11)6-4-10-3-1-7-13-10/h1,3,7H,2,4-6,8H2. The Kier molecular flexibility index (Phi) is 3.15. The second kappa shape index (κ2) is 4.37. The minimum Gasteiger partial charge on any atom is -0.197 e. The Labute approximate surface area is 93.1 Å². The molecule has 1 nitrogen and oxygen atoms in total. The number of hydrogen-bond acceptors (Lipinski definition) is 3. The Balaban J connectivity index is 1.93. The van der Waals surface area contributed by atoms with Crippen LogP contribution in [0.4, 0.5) is 0 Å². The molecule has 1 fully saturated rings. The van der Waals surface area contributed by atoms with Gasteiger partial charge >= 0.3 is 0 Å². The molecule has 74 valence electrons. The number of hydrogen-bond donors (Lipinski definition) is 0. The van der Waals surface area contributed by atoms with Crippen LogP contribution in [0.25, 0.3) is 0 Å². The van der Waals surface area contributed by atoms with Crippen molar-refractivity contribution in [3.05, 3.63) is 22.4 Å². The second-order valence-corrected chi connectivity index (χ2v) is 6.15. The van der Waals surface area contributed by atoms with Gasteiger partial charge in [0.15, 0.2) is 0 Å². The van der Waals surface area contributed by atoms with E-state index in [4.69, 9.17) is 0 Å². The molecule has 1 aromatic heterocycles. The molecule has 0 spiro atoms. The quantitative estimate of drug-likeness (QED) is 0.783. The summed E-state index contributed by atoms with van der Waals surface area (Å²) in [5.41, 5.74) is 0. The lowest BCUT2D eigenvalue weighted by molar-refractivity contribution is 0.624. The molecule has 1 unspecified atom stereocenters. The highest BCUT2D eigenvalue weighted by molar-refractivity contribution is 8.01. The third kappa shape index (κ3) is 2.13. The van der Waals surface area contributed by atoms with Crippen LogP contribution in [0, 0.1) is 11.3 Å². The molecule has 2 rings (SSSR count). The largest absolute Gasteiger partial charge is 0.197 e. The monoisotopic (exact) mass is 223 g/mol. The van der Waals surface area contributed by atoms with Crippen LogP contribution in [0.2, 0.25) is 0 Å². The highest BCUT2D eigenvalue weighted by atomic mass is 32.2. The molecule has 0 aromatic carbocycles. The van der Waals surface area contributed by atoms with Gasteiger partial charge in [0.1, 0.15) is 4.75 Å². The van der Waals surface area contributed by atoms with Gasteiger partial charge in [-0.2, -0.15) is 5.26 Å². The molecule has 1 saturated heterocycles. The molecule has 0 amide bonds. The average Bonchev–Trinajstić information content (AvgIpc) is 2.87. The van der Waals surface area contributed by atoms with Crippen LogP contribution in [-0.2, 0) is 6.42 Å². The van der Waals surface area contributed by atoms with Crippen LogP contribution in [0.3, 0.4) is 0 Å². The summed E-state index contributed by atoms with van der Waals surface area (Å²) in [4.78, 5) is 1.41. The first-order chi connectivity index (χ1) is 6.85. The van der Waals surface area contributed by atoms with Crippen molar-refractivity contribution in [1.82, 2.24) is 0 Å². The lowest BCUT2D eigenvalue weighted by Crippen LogP contribution is -2.18. The molecule has 1 atom stereocenters. The summed E-state index contributed by atoms with van der Waals surface area (Å²) in [5, 5.41) is 11.3. The van der Waals surface area contributed by atoms with Gasteiger partial charge in [-0.15, -0.1) is 23.1 Å². The van der Waals surface area contributed by atoms with Crippen molar-refractivity contribution in [2.45, 2.75) is 30.4 Å². The van der Waals surface area contributed by atoms with Gasteiger partial charge in [0, 0.05) is 4.88 Å². The first-order valence-corrected chi connectivity index (χ1v) is 6.79. The fraction of sp³-hybridized carbons (Fsp3) is 0.545. The molecular formula is C11H13NS2. The molecule has 0 N–H and O–H groups in total. The summed E-state index contributed by atoms with van der Waals surface area (Å²) in [6, 6.07) is 6.75. The molecule has 2 heterocycles. The van der Waals surface area contributed by atoms with Crippen LogP contribution in [0.5, 0.6) is 0 Å². The summed E-state index contributed by atoms with van der Waals surface area (Å²) in [7, 11) is 0. The average molecular weight is 223 g/mol. The van der Waals surface area contributed by atoms with Crippen molar-refractivity contribution in [3.63, 3.8) is 0 Å². The molecule has 14 heavy (non-hydrogen) atoms. The third-order valence-corrected chi connectivity index (χ3v) is 5.14. The van der Waals surface area contributed by atoms with Crippen molar-refractivity contribution in [1.29, 1.82) is 5.26 Å². The summed E-state index contributed by atoms with van der Waals surface area (Å²) in [5.74, 6) is 1.16. The topological polar surface area (TPSA) is 23.8 Å². The zero-order valence-electron chi connectivity index (χ0n) is 8.03. The van der Waals surface area contributed by atoms with Gasteiger partial charge in [-0.25, -0.2) is 0 Å². The Hall–Kier alpha value is -0.460. The van der Waals surface area contributed by atoms with E-state index in [0.717, 1.165) is 25.0 Å². The Morgan fingerprint density at radius 2 is 2.50 bits per heavy atom. The minimum atomic E-state index is -0.0655. The van der Waals surface area contributed by atoms with E-state index >= 15 is 0 Å². The van der Waals surface area contributed by atoms with E-state index in [2.05, 4.69) is 23.6 Å². The van der Waals surface area contributed by atoms with Gasteiger partial charge in [0.25, 0.3) is 0 Å². The fourth-order valence-corrected chi connectivity index (χ4v) is 3.81. The number of nitrogens with zero attached hydrogens (tertiary/aromatic N) is 1. The van der Waals surface area contributed by atoms with Gasteiger partial charge in [-0.05, 0) is 42.9 Å². The van der Waals surface area contributed by atoms with Gasteiger partial charge in [-0.3, -0.25) is 0 Å². The predicted molar refractivity (Wildman–Crippen MR) is 62.7 cm³/mol. The van der Waals surface area contributed by atoms with Crippen LogP contribution in [0.1, 0.15) is 24.1 Å². The van der Waals surface area contributed by atoms with Gasteiger partial charge < -0.3 is 0 Å². The van der Waals surface area contributed by atoms with E-state index in [-0.39, 0.29) is 4.75 Å². The van der Waals surface area contributed by atoms with Crippen LogP contribution < -0.4 is 0 Å². The number of thiophene rings is 1. The Morgan fingerprint density at radius 1 is 1.57 bits per heavy atom. The number of aryl methyl sites for hydroxylation is 1. The molecule has 0 radical (unpaired) electrons. The zero-order chi connectivity index (χ0) is 9.86. The van der Waals surface area contributed by atoms with Crippen molar-refractivity contribution in [2.75, 3.05) is 5.75 Å². The third-order valence-electron chi connectivity index (χ3n) is 2.66. The van der Waals surface area contributed by atoms with Crippen molar-refractivity contribution in [2.24, 2.45) is 0 Å². The van der Waals surface area contributed by atoms with E-state index in [1.165, 1.54) is 11.3 Å². The lowest BCUT2D eigenvalue weighted by Gasteiger charge is -2.18. The van der Waals surface area contributed by atoms with Crippen LogP contribution in [-0.4, -0.2) is 10.5 Å². The first-order valence-electron chi connectivity index (χ1n) is 4.92. The SMILES string of the molecule is N#CC1(CCc2cccs2)CCCS1. The molecule has 1 aliphatic heterocycles. The van der Waals surface area contributed by atoms with Crippen molar-refractivity contribution >= 4 is 23.1 Å². The van der Waals surface area contributed by atoms with Gasteiger partial charge in [0.2, 0.25) is 0 Å². The highest BCUT2D eigenvalue weighted by Gasteiger charge is 2.34. The molecule has 0 bridgehead atoms. The molecular weight excluding hydrogens is 210 g/mol. The van der Waals surface area contributed by atoms with E-state index in [0.29, 0.717) is 0 Å². The summed E-state index contributed by atoms with van der Waals surface area (Å²) < 4.78 is -0.0655. The van der Waals surface area contributed by atoms with Crippen LogP contribution in [0.15, 0.2) is 17.5 Å². The van der Waals surface area contributed by atoms with E-state index in [1.807, 2.05) is 11.8 Å². The normalized spacial score (nSPS) is 26.2. The number of nitriles is 1. The molecule has 0 aliphatic carbocycles. The van der Waals surface area contributed by atoms with Crippen LogP contribution >= 0.6 is 23.1 Å². The zero-order valence-corrected chi connectivity index (χ0v) is 9.66. The maximum Gasteiger partial charge on any atom is 0.103 e. The smallest absolute Gasteiger partial charge is 0.103 e. The molecule has 3 heteroatoms. The van der Waals surface area contributed by atoms with Gasteiger partial charge in [0.05, 0.1) is 6.07 Å². The van der Waals surface area contributed by atoms with E-state index in [1.54, 1.807) is 11.3 Å². The summed E-state index contributed by atoms with van der Waals surface area (Å²) >= 11 is 3.65. The Morgan fingerprint density at radius 3 is 3.07 bits per heavy atom. The minimum absolute atomic E-state index is 0.0655. The first kappa shape index (κ1) is 10.1. The number of rotatable bonds is 3. The molecule has 1 aliphatic rings. The maximum absolute atomic E-state index is 9.18. The van der Waals surface area contributed by atoms with Crippen molar-refractivity contribution in [3.8, 4) is 6.07 Å². The van der Waals surface area contributed by atoms with E-state index in [9.17, 15) is 5.26 Å². The van der Waals surface area contributed by atoms with E-state index < -0.39 is 0 Å². The predicted octanol–water partition coefficient (Wildman–Crippen LogP) is 3.47.